The van der Waals surface area contributed by atoms with Gasteiger partial charge in [-0.05, 0) is 36.4 Å². The molecule has 4 nitrogen and oxygen atoms in total. The topological polar surface area (TPSA) is 53.7 Å². The molecule has 0 aliphatic carbocycles. The second-order valence-electron chi connectivity index (χ2n) is 4.74. The van der Waals surface area contributed by atoms with Crippen LogP contribution in [0.5, 0.6) is 5.75 Å². The van der Waals surface area contributed by atoms with Crippen LogP contribution in [0.25, 0.3) is 33.5 Å². The van der Waals surface area contributed by atoms with Gasteiger partial charge in [-0.2, -0.15) is 0 Å². The van der Waals surface area contributed by atoms with Crippen molar-refractivity contribution in [3.05, 3.63) is 48.5 Å². The number of aromatic amines is 2. The van der Waals surface area contributed by atoms with E-state index in [1.165, 1.54) is 0 Å². The fraction of sp³-hybridized carbons (Fsp3) is 0.0625. The van der Waals surface area contributed by atoms with E-state index in [1.807, 2.05) is 42.5 Å². The molecule has 4 aromatic rings. The Morgan fingerprint density at radius 1 is 0.950 bits per heavy atom. The Labute approximate surface area is 115 Å². The normalized spacial score (nSPS) is 11.2. The molecule has 0 aliphatic heterocycles. The van der Waals surface area contributed by atoms with Crippen molar-refractivity contribution in [3.63, 3.8) is 0 Å². The molecular weight excluding hydrogens is 250 g/mol. The maximum Gasteiger partial charge on any atom is 0.155 e. The number of nitrogens with one attached hydrogen (secondary N) is 2. The van der Waals surface area contributed by atoms with Crippen LogP contribution in [0.1, 0.15) is 0 Å². The van der Waals surface area contributed by atoms with Crippen molar-refractivity contribution in [2.45, 2.75) is 0 Å². The van der Waals surface area contributed by atoms with Gasteiger partial charge in [0.2, 0.25) is 0 Å². The summed E-state index contributed by atoms with van der Waals surface area (Å²) in [5, 5.41) is 1.11. The van der Waals surface area contributed by atoms with Gasteiger partial charge in [-0.1, -0.05) is 12.1 Å². The maximum atomic E-state index is 5.25. The van der Waals surface area contributed by atoms with Crippen molar-refractivity contribution in [2.24, 2.45) is 0 Å². The van der Waals surface area contributed by atoms with E-state index in [1.54, 1.807) is 7.11 Å². The van der Waals surface area contributed by atoms with E-state index in [0.717, 1.165) is 39.2 Å². The first-order chi connectivity index (χ1) is 9.83. The SMILES string of the molecule is COc1ccc2[nH]c(-c3nc4ccccc4[nH]3)cc2c1. The third kappa shape index (κ3) is 1.66. The minimum Gasteiger partial charge on any atom is -0.497 e. The highest BCUT2D eigenvalue weighted by molar-refractivity contribution is 5.87. The fourth-order valence-electron chi connectivity index (χ4n) is 2.45. The summed E-state index contributed by atoms with van der Waals surface area (Å²) in [5.74, 6) is 1.70. The lowest BCUT2D eigenvalue weighted by molar-refractivity contribution is 0.415. The number of H-pyrrole nitrogens is 2. The van der Waals surface area contributed by atoms with Gasteiger partial charge in [0.05, 0.1) is 23.8 Å². The van der Waals surface area contributed by atoms with Crippen molar-refractivity contribution in [1.29, 1.82) is 0 Å². The zero-order valence-electron chi connectivity index (χ0n) is 11.0. The highest BCUT2D eigenvalue weighted by Gasteiger charge is 2.08. The molecular formula is C16H13N3O. The first kappa shape index (κ1) is 11.1. The van der Waals surface area contributed by atoms with Crippen LogP contribution in [0.15, 0.2) is 48.5 Å². The molecule has 98 valence electrons. The van der Waals surface area contributed by atoms with E-state index in [0.29, 0.717) is 0 Å². The third-order valence-electron chi connectivity index (χ3n) is 3.47. The van der Waals surface area contributed by atoms with Crippen molar-refractivity contribution >= 4 is 21.9 Å². The molecule has 0 bridgehead atoms. The largest absolute Gasteiger partial charge is 0.497 e. The summed E-state index contributed by atoms with van der Waals surface area (Å²) in [4.78, 5) is 11.3. The highest BCUT2D eigenvalue weighted by atomic mass is 16.5. The number of nitrogens with zero attached hydrogens (tertiary/aromatic N) is 1. The average molecular weight is 263 g/mol. The van der Waals surface area contributed by atoms with Crippen molar-refractivity contribution < 1.29 is 4.74 Å². The van der Waals surface area contributed by atoms with Crippen LogP contribution < -0.4 is 4.74 Å². The molecule has 0 amide bonds. The van der Waals surface area contributed by atoms with Crippen LogP contribution in [0.2, 0.25) is 0 Å². The minimum atomic E-state index is 0.848. The molecule has 0 saturated carbocycles. The van der Waals surface area contributed by atoms with E-state index in [-0.39, 0.29) is 0 Å². The van der Waals surface area contributed by atoms with Crippen LogP contribution >= 0.6 is 0 Å². The molecule has 0 saturated heterocycles. The van der Waals surface area contributed by atoms with Crippen molar-refractivity contribution in [2.75, 3.05) is 7.11 Å². The average Bonchev–Trinajstić information content (AvgIpc) is 3.09. The van der Waals surface area contributed by atoms with E-state index in [9.17, 15) is 0 Å². The summed E-state index contributed by atoms with van der Waals surface area (Å²) in [6.45, 7) is 0. The van der Waals surface area contributed by atoms with Gasteiger partial charge in [0.15, 0.2) is 5.82 Å². The van der Waals surface area contributed by atoms with Gasteiger partial charge in [0, 0.05) is 10.9 Å². The Hall–Kier alpha value is -2.75. The number of fused-ring (bicyclic) bond motifs is 2. The molecule has 0 fully saturated rings. The van der Waals surface area contributed by atoms with Crippen LogP contribution in [0, 0.1) is 0 Å². The van der Waals surface area contributed by atoms with Crippen LogP contribution in [0.3, 0.4) is 0 Å². The molecule has 2 aromatic carbocycles. The number of benzene rings is 2. The van der Waals surface area contributed by atoms with Gasteiger partial charge in [0.1, 0.15) is 5.75 Å². The van der Waals surface area contributed by atoms with Gasteiger partial charge in [-0.25, -0.2) is 4.98 Å². The summed E-state index contributed by atoms with van der Waals surface area (Å²) >= 11 is 0. The van der Waals surface area contributed by atoms with Gasteiger partial charge in [0.25, 0.3) is 0 Å². The van der Waals surface area contributed by atoms with Crippen molar-refractivity contribution in [3.8, 4) is 17.3 Å². The Bertz CT molecular complexity index is 871. The van der Waals surface area contributed by atoms with Crippen molar-refractivity contribution in [1.82, 2.24) is 15.0 Å². The van der Waals surface area contributed by atoms with E-state index >= 15 is 0 Å². The second-order valence-corrected chi connectivity index (χ2v) is 4.74. The lowest BCUT2D eigenvalue weighted by Crippen LogP contribution is -1.80. The fourth-order valence-corrected chi connectivity index (χ4v) is 2.45. The number of imidazole rings is 1. The molecule has 4 rings (SSSR count). The molecule has 0 unspecified atom stereocenters. The van der Waals surface area contributed by atoms with Crippen LogP contribution in [0.4, 0.5) is 0 Å². The zero-order chi connectivity index (χ0) is 13.5. The lowest BCUT2D eigenvalue weighted by atomic mass is 10.2. The zero-order valence-corrected chi connectivity index (χ0v) is 11.0. The number of aromatic nitrogens is 3. The maximum absolute atomic E-state index is 5.25. The number of hydrogen-bond donors (Lipinski definition) is 2. The first-order valence-corrected chi connectivity index (χ1v) is 6.45. The summed E-state index contributed by atoms with van der Waals surface area (Å²) < 4.78 is 5.25. The summed E-state index contributed by atoms with van der Waals surface area (Å²) in [7, 11) is 1.67. The van der Waals surface area contributed by atoms with E-state index in [4.69, 9.17) is 4.74 Å². The molecule has 0 radical (unpaired) electrons. The molecule has 0 atom stereocenters. The lowest BCUT2D eigenvalue weighted by Gasteiger charge is -1.97. The van der Waals surface area contributed by atoms with E-state index < -0.39 is 0 Å². The standard InChI is InChI=1S/C16H13N3O/c1-20-11-6-7-12-10(8-11)9-15(17-12)16-18-13-4-2-3-5-14(13)19-16/h2-9,17H,1H3,(H,18,19). The number of para-hydroxylation sites is 2. The Morgan fingerprint density at radius 3 is 2.70 bits per heavy atom. The molecule has 2 aromatic heterocycles. The van der Waals surface area contributed by atoms with Gasteiger partial charge < -0.3 is 14.7 Å². The predicted molar refractivity (Wildman–Crippen MR) is 79.9 cm³/mol. The number of rotatable bonds is 2. The molecule has 2 heterocycles. The summed E-state index contributed by atoms with van der Waals surface area (Å²) in [5.41, 5.74) is 4.06. The smallest absolute Gasteiger partial charge is 0.155 e. The monoisotopic (exact) mass is 263 g/mol. The molecule has 0 aliphatic rings. The first-order valence-electron chi connectivity index (χ1n) is 6.45. The third-order valence-corrected chi connectivity index (χ3v) is 3.47. The van der Waals surface area contributed by atoms with Gasteiger partial charge >= 0.3 is 0 Å². The number of methoxy groups -OCH3 is 1. The molecule has 4 heteroatoms. The van der Waals surface area contributed by atoms with Crippen LogP contribution in [-0.2, 0) is 0 Å². The Balaban J connectivity index is 1.88. The van der Waals surface area contributed by atoms with Crippen LogP contribution in [-0.4, -0.2) is 22.1 Å². The van der Waals surface area contributed by atoms with E-state index in [2.05, 4.69) is 21.0 Å². The number of ether oxygens (including phenoxy) is 1. The second kappa shape index (κ2) is 4.13. The highest BCUT2D eigenvalue weighted by Crippen LogP contribution is 2.26. The Morgan fingerprint density at radius 2 is 1.85 bits per heavy atom. The quantitative estimate of drug-likeness (QED) is 0.579. The molecule has 20 heavy (non-hydrogen) atoms. The number of hydrogen-bond acceptors (Lipinski definition) is 2. The van der Waals surface area contributed by atoms with Gasteiger partial charge in [-0.3, -0.25) is 0 Å². The molecule has 0 spiro atoms. The summed E-state index contributed by atoms with van der Waals surface area (Å²) in [6, 6.07) is 16.1. The predicted octanol–water partition coefficient (Wildman–Crippen LogP) is 3.72. The Kier molecular flexibility index (Phi) is 2.29. The summed E-state index contributed by atoms with van der Waals surface area (Å²) in [6.07, 6.45) is 0. The van der Waals surface area contributed by atoms with Gasteiger partial charge in [-0.15, -0.1) is 0 Å². The molecule has 2 N–H and O–H groups in total. The minimum absolute atomic E-state index is 0.848.